The zero-order chi connectivity index (χ0) is 11.0. The third-order valence-corrected chi connectivity index (χ3v) is 4.66. The van der Waals surface area contributed by atoms with Crippen LogP contribution in [0.5, 0.6) is 0 Å². The van der Waals surface area contributed by atoms with Crippen molar-refractivity contribution in [3.8, 4) is 0 Å². The predicted octanol–water partition coefficient (Wildman–Crippen LogP) is 4.60. The zero-order valence-corrected chi connectivity index (χ0v) is 11.0. The molecule has 0 atom stereocenters. The van der Waals surface area contributed by atoms with Crippen molar-refractivity contribution in [2.75, 3.05) is 0 Å². The van der Waals surface area contributed by atoms with Crippen molar-refractivity contribution in [3.63, 3.8) is 0 Å². The average Bonchev–Trinajstić information content (AvgIpc) is 2.55. The second kappa shape index (κ2) is 4.06. The fourth-order valence-electron chi connectivity index (χ4n) is 1.54. The van der Waals surface area contributed by atoms with Gasteiger partial charge in [0.05, 0.1) is 4.88 Å². The van der Waals surface area contributed by atoms with Gasteiger partial charge < -0.3 is 0 Å². The van der Waals surface area contributed by atoms with Crippen molar-refractivity contribution in [1.82, 2.24) is 0 Å². The summed E-state index contributed by atoms with van der Waals surface area (Å²) < 4.78 is 2.09. The molecule has 0 amide bonds. The molecule has 0 spiro atoms. The molecule has 0 radical (unpaired) electrons. The van der Waals surface area contributed by atoms with Crippen molar-refractivity contribution < 1.29 is 4.79 Å². The maximum atomic E-state index is 10.8. The number of rotatable bonds is 2. The van der Waals surface area contributed by atoms with Crippen LogP contribution in [0.2, 0.25) is 0 Å². The van der Waals surface area contributed by atoms with E-state index in [1.165, 1.54) is 16.9 Å². The third kappa shape index (κ3) is 1.86. The molecule has 15 heavy (non-hydrogen) atoms. The summed E-state index contributed by atoms with van der Waals surface area (Å²) in [5.41, 5.74) is 1.30. The highest BCUT2D eigenvalue weighted by Crippen LogP contribution is 2.36. The van der Waals surface area contributed by atoms with E-state index in [9.17, 15) is 4.79 Å². The Balaban J connectivity index is 2.70. The first-order valence-electron chi connectivity index (χ1n) is 4.80. The second-order valence-electron chi connectivity index (χ2n) is 3.81. The van der Waals surface area contributed by atoms with Crippen LogP contribution in [0.15, 0.2) is 22.7 Å². The van der Waals surface area contributed by atoms with Crippen molar-refractivity contribution >= 4 is 43.6 Å². The summed E-state index contributed by atoms with van der Waals surface area (Å²) in [5.74, 6) is 0.515. The van der Waals surface area contributed by atoms with Crippen LogP contribution in [0.4, 0.5) is 0 Å². The van der Waals surface area contributed by atoms with E-state index in [1.807, 2.05) is 0 Å². The van der Waals surface area contributed by atoms with Gasteiger partial charge in [-0.05, 0) is 39.5 Å². The molecule has 0 aliphatic carbocycles. The molecular formula is C12H11BrOS. The maximum absolute atomic E-state index is 10.8. The fraction of sp³-hybridized carbons (Fsp3) is 0.250. The quantitative estimate of drug-likeness (QED) is 0.736. The first-order chi connectivity index (χ1) is 7.13. The molecule has 0 saturated heterocycles. The minimum atomic E-state index is 0.515. The molecule has 3 heteroatoms. The Bertz CT molecular complexity index is 514. The summed E-state index contributed by atoms with van der Waals surface area (Å²) in [4.78, 5) is 11.6. The molecular weight excluding hydrogens is 272 g/mol. The summed E-state index contributed by atoms with van der Waals surface area (Å²) in [6.45, 7) is 4.34. The van der Waals surface area contributed by atoms with Gasteiger partial charge in [-0.1, -0.05) is 19.9 Å². The zero-order valence-electron chi connectivity index (χ0n) is 8.58. The van der Waals surface area contributed by atoms with Gasteiger partial charge in [-0.15, -0.1) is 11.3 Å². The lowest BCUT2D eigenvalue weighted by atomic mass is 10.0. The van der Waals surface area contributed by atoms with Crippen LogP contribution >= 0.6 is 27.3 Å². The highest BCUT2D eigenvalue weighted by atomic mass is 79.9. The maximum Gasteiger partial charge on any atom is 0.161 e. The van der Waals surface area contributed by atoms with Crippen molar-refractivity contribution in [2.45, 2.75) is 19.8 Å². The molecule has 1 aromatic carbocycles. The lowest BCUT2D eigenvalue weighted by Gasteiger charge is -2.04. The Kier molecular flexibility index (Phi) is 2.94. The number of hydrogen-bond acceptors (Lipinski definition) is 2. The number of fused-ring (bicyclic) bond motifs is 1. The molecule has 0 aliphatic rings. The summed E-state index contributed by atoms with van der Waals surface area (Å²) >= 11 is 5.00. The SMILES string of the molecule is CC(C)c1ccc2sc(C=O)c(Br)c2c1. The Hall–Kier alpha value is -0.670. The van der Waals surface area contributed by atoms with Crippen LogP contribution in [0.25, 0.3) is 10.1 Å². The van der Waals surface area contributed by atoms with E-state index in [2.05, 4.69) is 48.0 Å². The minimum absolute atomic E-state index is 0.515. The van der Waals surface area contributed by atoms with Crippen molar-refractivity contribution in [2.24, 2.45) is 0 Å². The van der Waals surface area contributed by atoms with Crippen LogP contribution < -0.4 is 0 Å². The molecule has 0 fully saturated rings. The highest BCUT2D eigenvalue weighted by Gasteiger charge is 2.10. The molecule has 78 valence electrons. The molecule has 2 aromatic rings. The van der Waals surface area contributed by atoms with E-state index < -0.39 is 0 Å². The van der Waals surface area contributed by atoms with E-state index in [-0.39, 0.29) is 0 Å². The monoisotopic (exact) mass is 282 g/mol. The minimum Gasteiger partial charge on any atom is -0.297 e. The largest absolute Gasteiger partial charge is 0.297 e. The Morgan fingerprint density at radius 1 is 1.40 bits per heavy atom. The van der Waals surface area contributed by atoms with Crippen LogP contribution in [-0.4, -0.2) is 6.29 Å². The molecule has 0 saturated carbocycles. The molecule has 0 unspecified atom stereocenters. The summed E-state index contributed by atoms with van der Waals surface area (Å²) in [6, 6.07) is 6.38. The average molecular weight is 283 g/mol. The van der Waals surface area contributed by atoms with E-state index in [1.54, 1.807) is 0 Å². The summed E-state index contributed by atoms with van der Waals surface area (Å²) in [5, 5.41) is 1.15. The number of thiophene rings is 1. The lowest BCUT2D eigenvalue weighted by Crippen LogP contribution is -1.85. The number of carbonyl (C=O) groups excluding carboxylic acids is 1. The van der Waals surface area contributed by atoms with Gasteiger partial charge in [0.2, 0.25) is 0 Å². The van der Waals surface area contributed by atoms with E-state index >= 15 is 0 Å². The van der Waals surface area contributed by atoms with Gasteiger partial charge in [0.15, 0.2) is 6.29 Å². The fourth-order valence-corrected chi connectivity index (χ4v) is 3.23. The second-order valence-corrected chi connectivity index (χ2v) is 5.69. The third-order valence-electron chi connectivity index (χ3n) is 2.45. The Morgan fingerprint density at radius 3 is 2.73 bits per heavy atom. The van der Waals surface area contributed by atoms with Gasteiger partial charge in [-0.2, -0.15) is 0 Å². The van der Waals surface area contributed by atoms with E-state index in [0.717, 1.165) is 25.7 Å². The first kappa shape index (κ1) is 10.8. The number of benzene rings is 1. The molecule has 2 rings (SSSR count). The van der Waals surface area contributed by atoms with Gasteiger partial charge in [-0.3, -0.25) is 4.79 Å². The van der Waals surface area contributed by atoms with Crippen LogP contribution in [-0.2, 0) is 0 Å². The molecule has 0 aliphatic heterocycles. The number of halogens is 1. The first-order valence-corrected chi connectivity index (χ1v) is 6.41. The number of aldehydes is 1. The number of hydrogen-bond donors (Lipinski definition) is 0. The molecule has 0 N–H and O–H groups in total. The highest BCUT2D eigenvalue weighted by molar-refractivity contribution is 9.10. The van der Waals surface area contributed by atoms with Gasteiger partial charge >= 0.3 is 0 Å². The molecule has 1 heterocycles. The number of carbonyl (C=O) groups is 1. The smallest absolute Gasteiger partial charge is 0.161 e. The molecule has 1 aromatic heterocycles. The lowest BCUT2D eigenvalue weighted by molar-refractivity contribution is 0.112. The normalized spacial score (nSPS) is 11.2. The van der Waals surface area contributed by atoms with Crippen LogP contribution in [0.3, 0.4) is 0 Å². The standard InChI is InChI=1S/C12H11BrOS/c1-7(2)8-3-4-10-9(5-8)12(13)11(6-14)15-10/h3-7H,1-2H3. The van der Waals surface area contributed by atoms with Crippen molar-refractivity contribution in [3.05, 3.63) is 33.1 Å². The van der Waals surface area contributed by atoms with E-state index in [4.69, 9.17) is 0 Å². The van der Waals surface area contributed by atoms with Crippen LogP contribution in [0, 0.1) is 0 Å². The molecule has 0 bridgehead atoms. The predicted molar refractivity (Wildman–Crippen MR) is 69.0 cm³/mol. The van der Waals surface area contributed by atoms with Gasteiger partial charge in [0.1, 0.15) is 0 Å². The Morgan fingerprint density at radius 2 is 2.13 bits per heavy atom. The Labute approximate surface area is 101 Å². The summed E-state index contributed by atoms with van der Waals surface area (Å²) in [7, 11) is 0. The summed E-state index contributed by atoms with van der Waals surface area (Å²) in [6.07, 6.45) is 0.907. The van der Waals surface area contributed by atoms with Crippen molar-refractivity contribution in [1.29, 1.82) is 0 Å². The van der Waals surface area contributed by atoms with Gasteiger partial charge in [-0.25, -0.2) is 0 Å². The topological polar surface area (TPSA) is 17.1 Å². The van der Waals surface area contributed by atoms with E-state index in [0.29, 0.717) is 5.92 Å². The van der Waals surface area contributed by atoms with Gasteiger partial charge in [0, 0.05) is 14.6 Å². The molecule has 1 nitrogen and oxygen atoms in total. The van der Waals surface area contributed by atoms with Gasteiger partial charge in [0.25, 0.3) is 0 Å². The van der Waals surface area contributed by atoms with Crippen LogP contribution in [0.1, 0.15) is 35.0 Å².